The van der Waals surface area contributed by atoms with E-state index in [2.05, 4.69) is 10.3 Å². The predicted octanol–water partition coefficient (Wildman–Crippen LogP) is 5.31. The van der Waals surface area contributed by atoms with Gasteiger partial charge in [-0.05, 0) is 37.1 Å². The smallest absolute Gasteiger partial charge is 0.340 e. The zero-order valence-corrected chi connectivity index (χ0v) is 17.4. The zero-order chi connectivity index (χ0) is 21.8. The third kappa shape index (κ3) is 4.31. The molecule has 0 unspecified atom stereocenters. The van der Waals surface area contributed by atoms with Crippen LogP contribution in [0.4, 0.5) is 5.69 Å². The number of carbonyl (C=O) groups excluding carboxylic acids is 2. The van der Waals surface area contributed by atoms with Gasteiger partial charge < -0.3 is 10.1 Å². The van der Waals surface area contributed by atoms with E-state index in [1.807, 2.05) is 85.8 Å². The Labute approximate surface area is 180 Å². The lowest BCUT2D eigenvalue weighted by atomic mass is 10.0. The molecular weight excluding hydrogens is 388 g/mol. The number of anilines is 1. The van der Waals surface area contributed by atoms with Crippen LogP contribution in [0.1, 0.15) is 21.6 Å². The molecule has 5 heteroatoms. The van der Waals surface area contributed by atoms with E-state index >= 15 is 0 Å². The van der Waals surface area contributed by atoms with Gasteiger partial charge in [0.2, 0.25) is 0 Å². The highest BCUT2D eigenvalue weighted by atomic mass is 16.5. The molecule has 5 nitrogen and oxygen atoms in total. The molecule has 4 aromatic rings. The number of para-hydroxylation sites is 2. The molecule has 0 radical (unpaired) electrons. The van der Waals surface area contributed by atoms with E-state index in [1.54, 1.807) is 6.92 Å². The normalized spacial score (nSPS) is 10.6. The van der Waals surface area contributed by atoms with Crippen LogP contribution in [0, 0.1) is 13.8 Å². The Hall–Kier alpha value is -3.99. The molecule has 0 aliphatic rings. The molecule has 3 aromatic carbocycles. The van der Waals surface area contributed by atoms with Crippen molar-refractivity contribution >= 4 is 28.5 Å². The Morgan fingerprint density at radius 2 is 1.55 bits per heavy atom. The fraction of sp³-hybridized carbons (Fsp3) is 0.115. The highest BCUT2D eigenvalue weighted by Gasteiger charge is 2.19. The second-order valence-corrected chi connectivity index (χ2v) is 7.25. The molecule has 1 aromatic heterocycles. The first-order valence-electron chi connectivity index (χ1n) is 10.0. The van der Waals surface area contributed by atoms with Gasteiger partial charge in [0, 0.05) is 16.6 Å². The molecule has 31 heavy (non-hydrogen) atoms. The fourth-order valence-electron chi connectivity index (χ4n) is 3.68. The van der Waals surface area contributed by atoms with Gasteiger partial charge >= 0.3 is 5.97 Å². The number of rotatable bonds is 5. The first kappa shape index (κ1) is 20.3. The van der Waals surface area contributed by atoms with Crippen LogP contribution in [0.15, 0.2) is 78.9 Å². The van der Waals surface area contributed by atoms with E-state index < -0.39 is 11.9 Å². The van der Waals surface area contributed by atoms with Crippen molar-refractivity contribution in [3.8, 4) is 11.1 Å². The standard InChI is InChI=1S/C26H22N2O3/c1-17-20-12-6-8-14-22(20)27-18(2)25(17)26(30)31-16-24(29)28-23-15-9-7-13-21(23)19-10-4-3-5-11-19/h3-15H,16H2,1-2H3,(H,28,29). The lowest BCUT2D eigenvalue weighted by Gasteiger charge is -2.13. The number of hydrogen-bond acceptors (Lipinski definition) is 4. The molecular formula is C26H22N2O3. The van der Waals surface area contributed by atoms with Crippen molar-refractivity contribution in [3.63, 3.8) is 0 Å². The predicted molar refractivity (Wildman–Crippen MR) is 122 cm³/mol. The number of amides is 1. The number of pyridine rings is 1. The summed E-state index contributed by atoms with van der Waals surface area (Å²) in [6, 6.07) is 24.9. The summed E-state index contributed by atoms with van der Waals surface area (Å²) in [6.07, 6.45) is 0. The van der Waals surface area contributed by atoms with Crippen LogP contribution in [-0.2, 0) is 9.53 Å². The third-order valence-electron chi connectivity index (χ3n) is 5.16. The second kappa shape index (κ2) is 8.79. The number of aryl methyl sites for hydroxylation is 2. The van der Waals surface area contributed by atoms with Crippen LogP contribution in [0.2, 0.25) is 0 Å². The Balaban J connectivity index is 1.48. The zero-order valence-electron chi connectivity index (χ0n) is 17.4. The number of hydrogen-bond donors (Lipinski definition) is 1. The Morgan fingerprint density at radius 1 is 0.871 bits per heavy atom. The van der Waals surface area contributed by atoms with Gasteiger partial charge in [-0.2, -0.15) is 0 Å². The van der Waals surface area contributed by atoms with Crippen molar-refractivity contribution in [2.24, 2.45) is 0 Å². The van der Waals surface area contributed by atoms with Gasteiger partial charge in [-0.25, -0.2) is 4.79 Å². The van der Waals surface area contributed by atoms with Gasteiger partial charge in [-0.15, -0.1) is 0 Å². The number of benzene rings is 3. The summed E-state index contributed by atoms with van der Waals surface area (Å²) in [6.45, 7) is 3.25. The first-order chi connectivity index (χ1) is 15.0. The van der Waals surface area contributed by atoms with Crippen LogP contribution in [-0.4, -0.2) is 23.5 Å². The van der Waals surface area contributed by atoms with Gasteiger partial charge in [-0.1, -0.05) is 66.7 Å². The Kier molecular flexibility index (Phi) is 5.76. The summed E-state index contributed by atoms with van der Waals surface area (Å²) in [4.78, 5) is 29.7. The minimum Gasteiger partial charge on any atom is -0.452 e. The maximum Gasteiger partial charge on any atom is 0.340 e. The summed E-state index contributed by atoms with van der Waals surface area (Å²) in [5.41, 5.74) is 5.14. The van der Waals surface area contributed by atoms with Crippen LogP contribution in [0.5, 0.6) is 0 Å². The minimum atomic E-state index is -0.556. The minimum absolute atomic E-state index is 0.381. The molecule has 0 saturated carbocycles. The number of carbonyl (C=O) groups is 2. The number of nitrogens with one attached hydrogen (secondary N) is 1. The fourth-order valence-corrected chi connectivity index (χ4v) is 3.68. The average molecular weight is 410 g/mol. The van der Waals surface area contributed by atoms with Crippen molar-refractivity contribution in [2.45, 2.75) is 13.8 Å². The Bertz CT molecular complexity index is 1270. The number of ether oxygens (including phenoxy) is 1. The molecule has 0 fully saturated rings. The quantitative estimate of drug-likeness (QED) is 0.453. The number of fused-ring (bicyclic) bond motifs is 1. The monoisotopic (exact) mass is 410 g/mol. The van der Waals surface area contributed by atoms with Gasteiger partial charge in [-0.3, -0.25) is 9.78 Å². The summed E-state index contributed by atoms with van der Waals surface area (Å²) in [5.74, 6) is -0.958. The van der Waals surface area contributed by atoms with E-state index in [-0.39, 0.29) is 6.61 Å². The number of aromatic nitrogens is 1. The Morgan fingerprint density at radius 3 is 2.35 bits per heavy atom. The van der Waals surface area contributed by atoms with Crippen molar-refractivity contribution in [1.82, 2.24) is 4.98 Å². The largest absolute Gasteiger partial charge is 0.452 e. The van der Waals surface area contributed by atoms with Gasteiger partial charge in [0.1, 0.15) is 0 Å². The molecule has 0 aliphatic carbocycles. The summed E-state index contributed by atoms with van der Waals surface area (Å²) in [7, 11) is 0. The van der Waals surface area contributed by atoms with Crippen molar-refractivity contribution < 1.29 is 14.3 Å². The maximum atomic E-state index is 12.7. The molecule has 0 bridgehead atoms. The van der Waals surface area contributed by atoms with Crippen LogP contribution in [0.25, 0.3) is 22.0 Å². The summed E-state index contributed by atoms with van der Waals surface area (Å²) < 4.78 is 5.33. The molecule has 0 aliphatic heterocycles. The van der Waals surface area contributed by atoms with Gasteiger partial charge in [0.25, 0.3) is 5.91 Å². The van der Waals surface area contributed by atoms with Crippen LogP contribution >= 0.6 is 0 Å². The van der Waals surface area contributed by atoms with Crippen molar-refractivity contribution in [1.29, 1.82) is 0 Å². The molecule has 1 N–H and O–H groups in total. The maximum absolute atomic E-state index is 12.7. The SMILES string of the molecule is Cc1nc2ccccc2c(C)c1C(=O)OCC(=O)Nc1ccccc1-c1ccccc1. The summed E-state index contributed by atoms with van der Waals surface area (Å²) >= 11 is 0. The van der Waals surface area contributed by atoms with Gasteiger partial charge in [0.05, 0.1) is 16.8 Å². The third-order valence-corrected chi connectivity index (χ3v) is 5.16. The topological polar surface area (TPSA) is 68.3 Å². The lowest BCUT2D eigenvalue weighted by molar-refractivity contribution is -0.119. The average Bonchev–Trinajstić information content (AvgIpc) is 2.79. The second-order valence-electron chi connectivity index (χ2n) is 7.25. The molecule has 154 valence electrons. The van der Waals surface area contributed by atoms with Crippen molar-refractivity contribution in [3.05, 3.63) is 95.7 Å². The number of esters is 1. The number of nitrogens with zero attached hydrogens (tertiary/aromatic N) is 1. The summed E-state index contributed by atoms with van der Waals surface area (Å²) in [5, 5.41) is 3.73. The van der Waals surface area contributed by atoms with Gasteiger partial charge in [0.15, 0.2) is 6.61 Å². The molecule has 0 saturated heterocycles. The molecule has 0 atom stereocenters. The highest BCUT2D eigenvalue weighted by Crippen LogP contribution is 2.27. The van der Waals surface area contributed by atoms with E-state index in [1.165, 1.54) is 0 Å². The highest BCUT2D eigenvalue weighted by molar-refractivity contribution is 6.01. The van der Waals surface area contributed by atoms with E-state index in [0.717, 1.165) is 27.6 Å². The lowest BCUT2D eigenvalue weighted by Crippen LogP contribution is -2.22. The molecule has 1 amide bonds. The molecule has 4 rings (SSSR count). The van der Waals surface area contributed by atoms with Crippen molar-refractivity contribution in [2.75, 3.05) is 11.9 Å². The van der Waals surface area contributed by atoms with Crippen LogP contribution < -0.4 is 5.32 Å². The van der Waals surface area contributed by atoms with E-state index in [0.29, 0.717) is 16.9 Å². The van der Waals surface area contributed by atoms with Crippen LogP contribution in [0.3, 0.4) is 0 Å². The molecule has 1 heterocycles. The first-order valence-corrected chi connectivity index (χ1v) is 10.0. The van der Waals surface area contributed by atoms with E-state index in [4.69, 9.17) is 4.74 Å². The van der Waals surface area contributed by atoms with E-state index in [9.17, 15) is 9.59 Å². The molecule has 0 spiro atoms.